The van der Waals surface area contributed by atoms with Gasteiger partial charge in [-0.1, -0.05) is 36.2 Å². The van der Waals surface area contributed by atoms with Crippen molar-refractivity contribution in [2.45, 2.75) is 38.6 Å². The van der Waals surface area contributed by atoms with E-state index in [1.807, 2.05) is 19.2 Å². The molecule has 142 valence electrons. The van der Waals surface area contributed by atoms with Gasteiger partial charge in [0.25, 0.3) is 0 Å². The summed E-state index contributed by atoms with van der Waals surface area (Å²) in [6.07, 6.45) is 4.41. The van der Waals surface area contributed by atoms with E-state index in [2.05, 4.69) is 27.4 Å². The monoisotopic (exact) mass is 498 g/mol. The van der Waals surface area contributed by atoms with Crippen LogP contribution in [0, 0.1) is 0 Å². The molecule has 0 aliphatic carbocycles. The predicted octanol–water partition coefficient (Wildman–Crippen LogP) is 4.19. The highest BCUT2D eigenvalue weighted by Gasteiger charge is 2.19. The number of nitrogens with one attached hydrogen (secondary N) is 2. The number of hydrogen-bond acceptors (Lipinski definition) is 2. The minimum absolute atomic E-state index is 0. The fourth-order valence-electron chi connectivity index (χ4n) is 3.05. The topological polar surface area (TPSA) is 39.7 Å². The standard InChI is InChI=1S/C18H28Cl2N4.HI/c1-3-10-24-11-7-16(8-12-24)23-18(21-2)22-9-6-14-4-5-15(19)13-17(14)20;/h4-5,13,16H,3,6-12H2,1-2H3,(H2,21,22,23);1H. The number of benzene rings is 1. The van der Waals surface area contributed by atoms with Crippen molar-refractivity contribution in [2.24, 2.45) is 4.99 Å². The van der Waals surface area contributed by atoms with E-state index in [0.717, 1.165) is 29.5 Å². The molecule has 0 atom stereocenters. The molecule has 0 unspecified atom stereocenters. The van der Waals surface area contributed by atoms with Gasteiger partial charge in [-0.2, -0.15) is 0 Å². The lowest BCUT2D eigenvalue weighted by molar-refractivity contribution is 0.206. The van der Waals surface area contributed by atoms with E-state index in [-0.39, 0.29) is 24.0 Å². The molecule has 1 aliphatic rings. The second-order valence-electron chi connectivity index (χ2n) is 6.24. The van der Waals surface area contributed by atoms with Crippen molar-refractivity contribution in [3.63, 3.8) is 0 Å². The summed E-state index contributed by atoms with van der Waals surface area (Å²) in [6, 6.07) is 6.14. The molecule has 0 amide bonds. The SMILES string of the molecule is CCCN1CCC(NC(=NC)NCCc2ccc(Cl)cc2Cl)CC1.I. The third-order valence-corrected chi connectivity index (χ3v) is 4.98. The molecule has 1 saturated heterocycles. The van der Waals surface area contributed by atoms with Gasteiger partial charge < -0.3 is 15.5 Å². The first-order valence-corrected chi connectivity index (χ1v) is 9.51. The Morgan fingerprint density at radius 3 is 2.60 bits per heavy atom. The number of halogens is 3. The molecule has 4 nitrogen and oxygen atoms in total. The molecule has 0 bridgehead atoms. The highest BCUT2D eigenvalue weighted by Crippen LogP contribution is 2.21. The summed E-state index contributed by atoms with van der Waals surface area (Å²) in [7, 11) is 1.82. The molecule has 1 aromatic carbocycles. The van der Waals surface area contributed by atoms with E-state index >= 15 is 0 Å². The normalized spacial score (nSPS) is 16.4. The average Bonchev–Trinajstić information content (AvgIpc) is 2.57. The lowest BCUT2D eigenvalue weighted by Crippen LogP contribution is -2.49. The van der Waals surface area contributed by atoms with Gasteiger partial charge >= 0.3 is 0 Å². The van der Waals surface area contributed by atoms with E-state index in [9.17, 15) is 0 Å². The van der Waals surface area contributed by atoms with Crippen molar-refractivity contribution in [3.8, 4) is 0 Å². The minimum atomic E-state index is 0. The van der Waals surface area contributed by atoms with Gasteiger partial charge in [-0.15, -0.1) is 24.0 Å². The van der Waals surface area contributed by atoms with Crippen molar-refractivity contribution < 1.29 is 0 Å². The van der Waals surface area contributed by atoms with Gasteiger partial charge in [0.2, 0.25) is 0 Å². The molecular formula is C18H29Cl2IN4. The van der Waals surface area contributed by atoms with E-state index in [0.29, 0.717) is 11.1 Å². The molecule has 7 heteroatoms. The maximum Gasteiger partial charge on any atom is 0.191 e. The van der Waals surface area contributed by atoms with Gasteiger partial charge in [0.15, 0.2) is 5.96 Å². The maximum atomic E-state index is 6.21. The van der Waals surface area contributed by atoms with Crippen molar-refractivity contribution in [1.82, 2.24) is 15.5 Å². The highest BCUT2D eigenvalue weighted by atomic mass is 127. The van der Waals surface area contributed by atoms with Crippen molar-refractivity contribution in [3.05, 3.63) is 33.8 Å². The first-order valence-electron chi connectivity index (χ1n) is 8.75. The number of nitrogens with zero attached hydrogens (tertiary/aromatic N) is 2. The molecule has 25 heavy (non-hydrogen) atoms. The largest absolute Gasteiger partial charge is 0.356 e. The number of hydrogen-bond donors (Lipinski definition) is 2. The molecule has 0 radical (unpaired) electrons. The Balaban J connectivity index is 0.00000312. The van der Waals surface area contributed by atoms with Crippen LogP contribution >= 0.6 is 47.2 Å². The number of likely N-dealkylation sites (tertiary alicyclic amines) is 1. The Labute approximate surface area is 178 Å². The van der Waals surface area contributed by atoms with Gasteiger partial charge in [-0.3, -0.25) is 4.99 Å². The van der Waals surface area contributed by atoms with Crippen molar-refractivity contribution in [1.29, 1.82) is 0 Å². The second kappa shape index (κ2) is 12.2. The fourth-order valence-corrected chi connectivity index (χ4v) is 3.55. The fraction of sp³-hybridized carbons (Fsp3) is 0.611. The Morgan fingerprint density at radius 2 is 2.00 bits per heavy atom. The molecule has 0 aromatic heterocycles. The zero-order valence-electron chi connectivity index (χ0n) is 15.0. The summed E-state index contributed by atoms with van der Waals surface area (Å²) in [5.74, 6) is 0.869. The van der Waals surface area contributed by atoms with Gasteiger partial charge in [-0.05, 0) is 49.9 Å². The molecule has 0 spiro atoms. The average molecular weight is 499 g/mol. The number of aliphatic imine (C=N–C) groups is 1. The number of piperidine rings is 1. The van der Waals surface area contributed by atoms with E-state index in [4.69, 9.17) is 23.2 Å². The second-order valence-corrected chi connectivity index (χ2v) is 7.09. The molecule has 0 saturated carbocycles. The number of guanidine groups is 1. The van der Waals surface area contributed by atoms with Gasteiger partial charge in [0, 0.05) is 42.8 Å². The number of rotatable bonds is 6. The van der Waals surface area contributed by atoms with E-state index < -0.39 is 0 Å². The summed E-state index contributed by atoms with van der Waals surface area (Å²) in [5, 5.41) is 8.30. The quantitative estimate of drug-likeness (QED) is 0.351. The van der Waals surface area contributed by atoms with Crippen LogP contribution in [-0.4, -0.2) is 50.1 Å². The summed E-state index contributed by atoms with van der Waals surface area (Å²) >= 11 is 12.1. The van der Waals surface area contributed by atoms with Gasteiger partial charge in [-0.25, -0.2) is 0 Å². The van der Waals surface area contributed by atoms with Crippen LogP contribution in [-0.2, 0) is 6.42 Å². The van der Waals surface area contributed by atoms with Crippen LogP contribution in [0.2, 0.25) is 10.0 Å². The van der Waals surface area contributed by atoms with Crippen molar-refractivity contribution in [2.75, 3.05) is 33.2 Å². The zero-order valence-corrected chi connectivity index (χ0v) is 18.9. The summed E-state index contributed by atoms with van der Waals surface area (Å²) in [4.78, 5) is 6.87. The predicted molar refractivity (Wildman–Crippen MR) is 120 cm³/mol. The molecular weight excluding hydrogens is 470 g/mol. The van der Waals surface area contributed by atoms with Gasteiger partial charge in [0.05, 0.1) is 0 Å². The first kappa shape index (κ1) is 22.8. The molecule has 1 fully saturated rings. The third-order valence-electron chi connectivity index (χ3n) is 4.39. The Morgan fingerprint density at radius 1 is 1.28 bits per heavy atom. The lowest BCUT2D eigenvalue weighted by Gasteiger charge is -2.32. The Bertz CT molecular complexity index is 546. The lowest BCUT2D eigenvalue weighted by atomic mass is 10.1. The van der Waals surface area contributed by atoms with Crippen LogP contribution in [0.25, 0.3) is 0 Å². The smallest absolute Gasteiger partial charge is 0.191 e. The van der Waals surface area contributed by atoms with E-state index in [1.165, 1.54) is 38.9 Å². The van der Waals surface area contributed by atoms with Crippen LogP contribution in [0.3, 0.4) is 0 Å². The Kier molecular flexibility index (Phi) is 11.1. The minimum Gasteiger partial charge on any atom is -0.356 e. The summed E-state index contributed by atoms with van der Waals surface area (Å²) in [5.41, 5.74) is 1.09. The molecule has 2 rings (SSSR count). The van der Waals surface area contributed by atoms with Crippen LogP contribution in [0.4, 0.5) is 0 Å². The first-order chi connectivity index (χ1) is 11.6. The molecule has 1 aromatic rings. The summed E-state index contributed by atoms with van der Waals surface area (Å²) in [6.45, 7) is 6.58. The third kappa shape index (κ3) is 7.89. The Hall–Kier alpha value is -0.240. The van der Waals surface area contributed by atoms with E-state index in [1.54, 1.807) is 6.07 Å². The molecule has 1 aliphatic heterocycles. The highest BCUT2D eigenvalue weighted by molar-refractivity contribution is 14.0. The summed E-state index contributed by atoms with van der Waals surface area (Å²) < 4.78 is 0. The zero-order chi connectivity index (χ0) is 17.4. The van der Waals surface area contributed by atoms with Crippen LogP contribution in [0.5, 0.6) is 0 Å². The van der Waals surface area contributed by atoms with Crippen LogP contribution < -0.4 is 10.6 Å². The maximum absolute atomic E-state index is 6.21. The van der Waals surface area contributed by atoms with Gasteiger partial charge in [0.1, 0.15) is 0 Å². The van der Waals surface area contributed by atoms with Crippen LogP contribution in [0.1, 0.15) is 31.7 Å². The van der Waals surface area contributed by atoms with Crippen molar-refractivity contribution >= 4 is 53.1 Å². The molecule has 1 heterocycles. The molecule has 2 N–H and O–H groups in total. The van der Waals surface area contributed by atoms with Crippen LogP contribution in [0.15, 0.2) is 23.2 Å².